The monoisotopic (exact) mass is 311 g/mol. The highest BCUT2D eigenvalue weighted by atomic mass is 79.9. The Morgan fingerprint density at radius 2 is 2.17 bits per heavy atom. The molecule has 0 saturated carbocycles. The van der Waals surface area contributed by atoms with Gasteiger partial charge in [0.2, 0.25) is 5.91 Å². The van der Waals surface area contributed by atoms with Crippen LogP contribution >= 0.6 is 15.9 Å². The highest BCUT2D eigenvalue weighted by molar-refractivity contribution is 9.09. The first-order valence-corrected chi connectivity index (χ1v) is 7.27. The lowest BCUT2D eigenvalue weighted by molar-refractivity contribution is -0.135. The first-order chi connectivity index (χ1) is 8.77. The van der Waals surface area contributed by atoms with Crippen LogP contribution in [0.15, 0.2) is 30.3 Å². The standard InChI is InChI=1S/C14H18BrNO2/c15-12(11-6-2-1-3-7-11)10-16-14(17)13-8-4-5-9-18-13/h1-3,6-7,12-13H,4-5,8-10H2,(H,16,17). The molecule has 2 rings (SSSR count). The van der Waals surface area contributed by atoms with Crippen molar-refractivity contribution in [1.29, 1.82) is 0 Å². The minimum atomic E-state index is -0.255. The fourth-order valence-electron chi connectivity index (χ4n) is 2.03. The Bertz CT molecular complexity index is 377. The third kappa shape index (κ3) is 3.82. The van der Waals surface area contributed by atoms with Crippen molar-refractivity contribution in [2.24, 2.45) is 0 Å². The number of ether oxygens (including phenoxy) is 1. The van der Waals surface area contributed by atoms with Crippen molar-refractivity contribution in [2.75, 3.05) is 13.2 Å². The molecule has 1 aromatic rings. The fourth-order valence-corrected chi connectivity index (χ4v) is 2.50. The van der Waals surface area contributed by atoms with E-state index in [1.807, 2.05) is 30.3 Å². The lowest BCUT2D eigenvalue weighted by Crippen LogP contribution is -2.39. The first kappa shape index (κ1) is 13.6. The predicted molar refractivity (Wildman–Crippen MR) is 74.7 cm³/mol. The van der Waals surface area contributed by atoms with Crippen LogP contribution in [0.1, 0.15) is 29.7 Å². The van der Waals surface area contributed by atoms with Crippen LogP contribution in [0.2, 0.25) is 0 Å². The van der Waals surface area contributed by atoms with E-state index < -0.39 is 0 Å². The van der Waals surface area contributed by atoms with Crippen LogP contribution < -0.4 is 5.32 Å². The predicted octanol–water partition coefficient (Wildman–Crippen LogP) is 2.81. The van der Waals surface area contributed by atoms with Gasteiger partial charge in [0.15, 0.2) is 0 Å². The van der Waals surface area contributed by atoms with Crippen molar-refractivity contribution in [3.63, 3.8) is 0 Å². The maximum atomic E-state index is 11.9. The lowest BCUT2D eigenvalue weighted by Gasteiger charge is -2.22. The summed E-state index contributed by atoms with van der Waals surface area (Å²) in [5, 5.41) is 2.94. The largest absolute Gasteiger partial charge is 0.368 e. The zero-order valence-corrected chi connectivity index (χ0v) is 11.9. The van der Waals surface area contributed by atoms with Crippen molar-refractivity contribution < 1.29 is 9.53 Å². The number of carbonyl (C=O) groups excluding carboxylic acids is 1. The molecule has 4 heteroatoms. The molecule has 2 unspecified atom stereocenters. The number of nitrogens with one attached hydrogen (secondary N) is 1. The van der Waals surface area contributed by atoms with Crippen LogP contribution in [0.3, 0.4) is 0 Å². The summed E-state index contributed by atoms with van der Waals surface area (Å²) in [5.41, 5.74) is 1.17. The summed E-state index contributed by atoms with van der Waals surface area (Å²) >= 11 is 3.58. The van der Waals surface area contributed by atoms with Gasteiger partial charge >= 0.3 is 0 Å². The molecule has 98 valence electrons. The van der Waals surface area contributed by atoms with Crippen molar-refractivity contribution in [3.8, 4) is 0 Å². The Morgan fingerprint density at radius 1 is 1.39 bits per heavy atom. The van der Waals surface area contributed by atoms with E-state index in [1.54, 1.807) is 0 Å². The smallest absolute Gasteiger partial charge is 0.249 e. The summed E-state index contributed by atoms with van der Waals surface area (Å²) in [7, 11) is 0. The molecule has 1 N–H and O–H groups in total. The van der Waals surface area contributed by atoms with E-state index in [0.717, 1.165) is 19.3 Å². The van der Waals surface area contributed by atoms with E-state index in [9.17, 15) is 4.79 Å². The molecule has 2 atom stereocenters. The third-order valence-electron chi connectivity index (χ3n) is 3.09. The number of hydrogen-bond acceptors (Lipinski definition) is 2. The third-order valence-corrected chi connectivity index (χ3v) is 3.94. The molecular formula is C14H18BrNO2. The van der Waals surface area contributed by atoms with Gasteiger partial charge in [-0.1, -0.05) is 46.3 Å². The average Bonchev–Trinajstić information content (AvgIpc) is 2.46. The van der Waals surface area contributed by atoms with Gasteiger partial charge in [-0.25, -0.2) is 0 Å². The second-order valence-electron chi connectivity index (χ2n) is 4.48. The average molecular weight is 312 g/mol. The number of carbonyl (C=O) groups is 1. The summed E-state index contributed by atoms with van der Waals surface area (Å²) in [4.78, 5) is 12.0. The van der Waals surface area contributed by atoms with Crippen molar-refractivity contribution >= 4 is 21.8 Å². The van der Waals surface area contributed by atoms with E-state index in [-0.39, 0.29) is 16.8 Å². The molecule has 1 aliphatic heterocycles. The quantitative estimate of drug-likeness (QED) is 0.868. The molecule has 0 bridgehead atoms. The number of rotatable bonds is 4. The van der Waals surface area contributed by atoms with Crippen LogP contribution in [0.5, 0.6) is 0 Å². The van der Waals surface area contributed by atoms with Gasteiger partial charge in [0.1, 0.15) is 6.10 Å². The highest BCUT2D eigenvalue weighted by Gasteiger charge is 2.22. The number of halogens is 1. The van der Waals surface area contributed by atoms with Gasteiger partial charge in [-0.3, -0.25) is 4.79 Å². The highest BCUT2D eigenvalue weighted by Crippen LogP contribution is 2.21. The zero-order chi connectivity index (χ0) is 12.8. The summed E-state index contributed by atoms with van der Waals surface area (Å²) in [6.45, 7) is 1.29. The molecule has 18 heavy (non-hydrogen) atoms. The van der Waals surface area contributed by atoms with Crippen molar-refractivity contribution in [3.05, 3.63) is 35.9 Å². The van der Waals surface area contributed by atoms with E-state index in [4.69, 9.17) is 4.74 Å². The molecule has 0 aliphatic carbocycles. The summed E-state index contributed by atoms with van der Waals surface area (Å²) < 4.78 is 5.45. The van der Waals surface area contributed by atoms with Crippen LogP contribution in [0, 0.1) is 0 Å². The van der Waals surface area contributed by atoms with E-state index in [1.165, 1.54) is 5.56 Å². The maximum Gasteiger partial charge on any atom is 0.249 e. The summed E-state index contributed by atoms with van der Waals surface area (Å²) in [6.07, 6.45) is 2.72. The molecular weight excluding hydrogens is 294 g/mol. The Balaban J connectivity index is 1.78. The molecule has 1 aromatic carbocycles. The minimum Gasteiger partial charge on any atom is -0.368 e. The van der Waals surface area contributed by atoms with Gasteiger partial charge in [0.25, 0.3) is 0 Å². The summed E-state index contributed by atoms with van der Waals surface area (Å²) in [5.74, 6) is 0.00933. The van der Waals surface area contributed by atoms with Gasteiger partial charge in [0.05, 0.1) is 4.83 Å². The van der Waals surface area contributed by atoms with Crippen LogP contribution in [-0.4, -0.2) is 25.2 Å². The minimum absolute atomic E-state index is 0.00933. The zero-order valence-electron chi connectivity index (χ0n) is 10.3. The Morgan fingerprint density at radius 3 is 2.83 bits per heavy atom. The summed E-state index contributed by atoms with van der Waals surface area (Å²) in [6, 6.07) is 10.1. The van der Waals surface area contributed by atoms with E-state index in [2.05, 4.69) is 21.2 Å². The number of alkyl halides is 1. The van der Waals surface area contributed by atoms with Gasteiger partial charge < -0.3 is 10.1 Å². The molecule has 0 radical (unpaired) electrons. The van der Waals surface area contributed by atoms with Gasteiger partial charge in [0, 0.05) is 13.2 Å². The molecule has 0 aromatic heterocycles. The van der Waals surface area contributed by atoms with Crippen molar-refractivity contribution in [2.45, 2.75) is 30.2 Å². The first-order valence-electron chi connectivity index (χ1n) is 6.35. The van der Waals surface area contributed by atoms with Crippen LogP contribution in [0.25, 0.3) is 0 Å². The number of benzene rings is 1. The Hall–Kier alpha value is -0.870. The molecule has 3 nitrogen and oxygen atoms in total. The number of amides is 1. The Kier molecular flexibility index (Phi) is 5.20. The molecule has 1 aliphatic rings. The van der Waals surface area contributed by atoms with Gasteiger partial charge in [-0.05, 0) is 24.8 Å². The molecule has 1 amide bonds. The Labute approximate surface area is 116 Å². The topological polar surface area (TPSA) is 38.3 Å². The van der Waals surface area contributed by atoms with Gasteiger partial charge in [-0.2, -0.15) is 0 Å². The SMILES string of the molecule is O=C(NCC(Br)c1ccccc1)C1CCCCO1. The molecule has 0 spiro atoms. The lowest BCUT2D eigenvalue weighted by atomic mass is 10.1. The molecule has 1 saturated heterocycles. The van der Waals surface area contributed by atoms with Crippen molar-refractivity contribution in [1.82, 2.24) is 5.32 Å². The molecule has 1 heterocycles. The molecule has 1 fully saturated rings. The fraction of sp³-hybridized carbons (Fsp3) is 0.500. The van der Waals surface area contributed by atoms with E-state index >= 15 is 0 Å². The second-order valence-corrected chi connectivity index (χ2v) is 5.58. The van der Waals surface area contributed by atoms with Gasteiger partial charge in [-0.15, -0.1) is 0 Å². The number of hydrogen-bond donors (Lipinski definition) is 1. The maximum absolute atomic E-state index is 11.9. The van der Waals surface area contributed by atoms with Crippen LogP contribution in [-0.2, 0) is 9.53 Å². The normalized spacial score (nSPS) is 21.3. The van der Waals surface area contributed by atoms with Crippen LogP contribution in [0.4, 0.5) is 0 Å². The second kappa shape index (κ2) is 6.90. The van der Waals surface area contributed by atoms with E-state index in [0.29, 0.717) is 13.2 Å².